The second kappa shape index (κ2) is 2.81. The van der Waals surface area contributed by atoms with Crippen LogP contribution in [0.1, 0.15) is 0 Å². The van der Waals surface area contributed by atoms with Crippen LogP contribution in [-0.2, 0) is 11.1 Å². The quantitative estimate of drug-likeness (QED) is 0.496. The molecule has 11 heavy (non-hydrogen) atoms. The second-order valence-corrected chi connectivity index (χ2v) is 2.58. The molecule has 0 aliphatic rings. The normalized spacial score (nSPS) is 12.8. The minimum absolute atomic E-state index is 0.482. The number of H-pyrrole nitrogens is 2. The molecule has 1 heterocycles. The Morgan fingerprint density at radius 2 is 2.09 bits per heavy atom. The third-order valence-corrected chi connectivity index (χ3v) is 1.63. The van der Waals surface area contributed by atoms with Crippen LogP contribution < -0.4 is 11.2 Å². The van der Waals surface area contributed by atoms with Crippen molar-refractivity contribution < 1.29 is 8.76 Å². The minimum Gasteiger partial charge on any atom is -0.768 e. The molecule has 1 atom stereocenters. The maximum absolute atomic E-state index is 10.6. The molecular formula is C4H3N2O4S-. The molecule has 1 rings (SSSR count). The Labute approximate surface area is 62.6 Å². The first-order valence-corrected chi connectivity index (χ1v) is 3.60. The highest BCUT2D eigenvalue weighted by atomic mass is 32.2. The highest BCUT2D eigenvalue weighted by molar-refractivity contribution is 7.79. The zero-order valence-corrected chi connectivity index (χ0v) is 5.94. The van der Waals surface area contributed by atoms with E-state index in [-0.39, 0.29) is 0 Å². The Morgan fingerprint density at radius 1 is 1.45 bits per heavy atom. The molecule has 0 aliphatic heterocycles. The average molecular weight is 175 g/mol. The summed E-state index contributed by atoms with van der Waals surface area (Å²) < 4.78 is 20.4. The van der Waals surface area contributed by atoms with Gasteiger partial charge in [-0.1, -0.05) is 0 Å². The maximum atomic E-state index is 10.6. The van der Waals surface area contributed by atoms with E-state index in [0.29, 0.717) is 0 Å². The molecule has 0 saturated heterocycles. The number of nitrogens with one attached hydrogen (secondary N) is 2. The summed E-state index contributed by atoms with van der Waals surface area (Å²) in [7, 11) is 0. The van der Waals surface area contributed by atoms with E-state index in [1.807, 2.05) is 4.98 Å². The standard InChI is InChI=1S/C4H4N2O4S/c7-3-2(11(9)10)1-5-4(8)6-3/h1H,(H,9,10)(H2,5,6,7,8)/p-1. The fraction of sp³-hybridized carbons (Fsp3) is 0. The summed E-state index contributed by atoms with van der Waals surface area (Å²) in [5, 5.41) is 0. The highest BCUT2D eigenvalue weighted by Gasteiger charge is 1.97. The maximum Gasteiger partial charge on any atom is 0.325 e. The average Bonchev–Trinajstić information content (AvgIpc) is 1.85. The summed E-state index contributed by atoms with van der Waals surface area (Å²) in [5.41, 5.74) is -1.65. The van der Waals surface area contributed by atoms with E-state index in [1.54, 1.807) is 4.98 Å². The number of rotatable bonds is 1. The summed E-state index contributed by atoms with van der Waals surface area (Å²) in [5.74, 6) is 0. The SMILES string of the molecule is O=c1[nH]cc(S(=O)[O-])c(=O)[nH]1. The minimum atomic E-state index is -2.61. The van der Waals surface area contributed by atoms with E-state index in [9.17, 15) is 18.4 Å². The fourth-order valence-corrected chi connectivity index (χ4v) is 0.879. The van der Waals surface area contributed by atoms with Crippen LogP contribution in [0.3, 0.4) is 0 Å². The lowest BCUT2D eigenvalue weighted by Crippen LogP contribution is -2.24. The van der Waals surface area contributed by atoms with Crippen LogP contribution in [0.2, 0.25) is 0 Å². The summed E-state index contributed by atoms with van der Waals surface area (Å²) in [4.78, 5) is 24.3. The second-order valence-electron chi connectivity index (χ2n) is 1.67. The molecular weight excluding hydrogens is 172 g/mol. The van der Waals surface area contributed by atoms with Gasteiger partial charge in [-0.2, -0.15) is 0 Å². The summed E-state index contributed by atoms with van der Waals surface area (Å²) in [6.07, 6.45) is 0.838. The van der Waals surface area contributed by atoms with Crippen molar-refractivity contribution in [2.45, 2.75) is 4.90 Å². The van der Waals surface area contributed by atoms with Crippen molar-refractivity contribution in [3.63, 3.8) is 0 Å². The van der Waals surface area contributed by atoms with Gasteiger partial charge >= 0.3 is 5.69 Å². The third-order valence-electron chi connectivity index (χ3n) is 0.965. The van der Waals surface area contributed by atoms with Crippen LogP contribution >= 0.6 is 0 Å². The van der Waals surface area contributed by atoms with E-state index in [2.05, 4.69) is 0 Å². The molecule has 0 radical (unpaired) electrons. The molecule has 60 valence electrons. The molecule has 0 saturated carbocycles. The predicted octanol–water partition coefficient (Wildman–Crippen LogP) is -1.70. The van der Waals surface area contributed by atoms with Crippen LogP contribution in [0.4, 0.5) is 0 Å². The van der Waals surface area contributed by atoms with E-state index >= 15 is 0 Å². The summed E-state index contributed by atoms with van der Waals surface area (Å²) >= 11 is -2.61. The van der Waals surface area contributed by atoms with Gasteiger partial charge in [0.1, 0.15) is 4.90 Å². The molecule has 2 N–H and O–H groups in total. The van der Waals surface area contributed by atoms with Gasteiger partial charge in [-0.25, -0.2) is 4.79 Å². The predicted molar refractivity (Wildman–Crippen MR) is 34.9 cm³/mol. The summed E-state index contributed by atoms with van der Waals surface area (Å²) in [6.45, 7) is 0. The summed E-state index contributed by atoms with van der Waals surface area (Å²) in [6, 6.07) is 0. The number of aromatic nitrogens is 2. The molecule has 1 aromatic rings. The first-order valence-electron chi connectivity index (χ1n) is 2.52. The first kappa shape index (κ1) is 7.89. The van der Waals surface area contributed by atoms with Crippen molar-refractivity contribution in [3.8, 4) is 0 Å². The van der Waals surface area contributed by atoms with Crippen LogP contribution in [0.5, 0.6) is 0 Å². The molecule has 0 spiro atoms. The molecule has 0 fully saturated rings. The van der Waals surface area contributed by atoms with Crippen LogP contribution in [0.15, 0.2) is 20.7 Å². The lowest BCUT2D eigenvalue weighted by atomic mass is 10.7. The van der Waals surface area contributed by atoms with Gasteiger partial charge in [0, 0.05) is 6.20 Å². The van der Waals surface area contributed by atoms with E-state index in [1.165, 1.54) is 0 Å². The van der Waals surface area contributed by atoms with Gasteiger partial charge in [-0.05, 0) is 11.1 Å². The molecule has 1 aromatic heterocycles. The van der Waals surface area contributed by atoms with Crippen molar-refractivity contribution in [1.29, 1.82) is 0 Å². The molecule has 1 unspecified atom stereocenters. The van der Waals surface area contributed by atoms with Crippen molar-refractivity contribution in [1.82, 2.24) is 9.97 Å². The zero-order chi connectivity index (χ0) is 8.43. The van der Waals surface area contributed by atoms with Crippen molar-refractivity contribution in [3.05, 3.63) is 27.0 Å². The molecule has 7 heteroatoms. The van der Waals surface area contributed by atoms with Crippen molar-refractivity contribution >= 4 is 11.1 Å². The number of hydrogen-bond acceptors (Lipinski definition) is 4. The third kappa shape index (κ3) is 1.63. The molecule has 0 bridgehead atoms. The first-order chi connectivity index (χ1) is 5.11. The Morgan fingerprint density at radius 3 is 2.55 bits per heavy atom. The lowest BCUT2D eigenvalue weighted by molar-refractivity contribution is 0.535. The van der Waals surface area contributed by atoms with Gasteiger partial charge in [0.25, 0.3) is 5.56 Å². The van der Waals surface area contributed by atoms with E-state index < -0.39 is 27.2 Å². The molecule has 0 aromatic carbocycles. The molecule has 0 amide bonds. The van der Waals surface area contributed by atoms with Crippen molar-refractivity contribution in [2.24, 2.45) is 0 Å². The van der Waals surface area contributed by atoms with E-state index in [0.717, 1.165) is 6.20 Å². The highest BCUT2D eigenvalue weighted by Crippen LogP contribution is 1.88. The smallest absolute Gasteiger partial charge is 0.325 e. The van der Waals surface area contributed by atoms with Crippen LogP contribution in [0.25, 0.3) is 0 Å². The van der Waals surface area contributed by atoms with Gasteiger partial charge in [0.05, 0.1) is 0 Å². The number of hydrogen-bond donors (Lipinski definition) is 2. The van der Waals surface area contributed by atoms with Gasteiger partial charge < -0.3 is 9.54 Å². The topological polar surface area (TPSA) is 106 Å². The van der Waals surface area contributed by atoms with Crippen LogP contribution in [-0.4, -0.2) is 18.7 Å². The zero-order valence-electron chi connectivity index (χ0n) is 5.12. The molecule has 0 aliphatic carbocycles. The Hall–Kier alpha value is -1.21. The van der Waals surface area contributed by atoms with Crippen LogP contribution in [0, 0.1) is 0 Å². The molecule has 6 nitrogen and oxygen atoms in total. The Kier molecular flexibility index (Phi) is 2.01. The fourth-order valence-electron chi connectivity index (χ4n) is 0.521. The number of aromatic amines is 2. The van der Waals surface area contributed by atoms with Gasteiger partial charge in [-0.3, -0.25) is 14.0 Å². The van der Waals surface area contributed by atoms with Gasteiger partial charge in [-0.15, -0.1) is 0 Å². The largest absolute Gasteiger partial charge is 0.768 e. The van der Waals surface area contributed by atoms with Gasteiger partial charge in [0.2, 0.25) is 0 Å². The monoisotopic (exact) mass is 175 g/mol. The van der Waals surface area contributed by atoms with E-state index in [4.69, 9.17) is 0 Å². The lowest BCUT2D eigenvalue weighted by Gasteiger charge is -2.00. The van der Waals surface area contributed by atoms with Crippen molar-refractivity contribution in [2.75, 3.05) is 0 Å². The Balaban J connectivity index is 3.43. The van der Waals surface area contributed by atoms with Gasteiger partial charge in [0.15, 0.2) is 0 Å². The Bertz CT molecular complexity index is 392.